The molecule has 0 saturated carbocycles. The van der Waals surface area contributed by atoms with Crippen LogP contribution in [0.3, 0.4) is 0 Å². The van der Waals surface area contributed by atoms with Crippen LogP contribution < -0.4 is 10.2 Å². The molecule has 162 valence electrons. The number of aromatic nitrogens is 3. The molecule has 2 aromatic heterocycles. The molecule has 2 fully saturated rings. The predicted molar refractivity (Wildman–Crippen MR) is 120 cm³/mol. The normalized spacial score (nSPS) is 18.7. The van der Waals surface area contributed by atoms with Crippen molar-refractivity contribution in [3.05, 3.63) is 30.6 Å². The number of nitrogens with zero attached hydrogens (tertiary/aromatic N) is 6. The minimum absolute atomic E-state index is 0.655. The quantitative estimate of drug-likeness (QED) is 0.740. The van der Waals surface area contributed by atoms with Gasteiger partial charge in [0.05, 0.1) is 18.9 Å². The summed E-state index contributed by atoms with van der Waals surface area (Å²) >= 11 is 0. The number of morpholine rings is 1. The van der Waals surface area contributed by atoms with Crippen LogP contribution in [0.5, 0.6) is 0 Å². The average Bonchev–Trinajstić information content (AvgIpc) is 2.80. The molecule has 30 heavy (non-hydrogen) atoms. The number of anilines is 2. The van der Waals surface area contributed by atoms with Crippen LogP contribution in [0.1, 0.15) is 12.8 Å². The van der Waals surface area contributed by atoms with E-state index in [-0.39, 0.29) is 0 Å². The van der Waals surface area contributed by atoms with E-state index in [0.717, 1.165) is 82.4 Å². The fraction of sp³-hybridized carbons (Fsp3) is 0.591. The molecule has 8 nitrogen and oxygen atoms in total. The van der Waals surface area contributed by atoms with E-state index in [1.165, 1.54) is 0 Å². The molecule has 2 aliphatic heterocycles. The summed E-state index contributed by atoms with van der Waals surface area (Å²) < 4.78 is 5.51. The van der Waals surface area contributed by atoms with Gasteiger partial charge < -0.3 is 19.9 Å². The highest BCUT2D eigenvalue weighted by molar-refractivity contribution is 5.64. The first-order valence-electron chi connectivity index (χ1n) is 10.9. The molecule has 2 aromatic rings. The highest BCUT2D eigenvalue weighted by Gasteiger charge is 2.26. The summed E-state index contributed by atoms with van der Waals surface area (Å²) in [6, 6.07) is 6.75. The summed E-state index contributed by atoms with van der Waals surface area (Å²) in [6.07, 6.45) is 5.98. The molecule has 0 unspecified atom stereocenters. The first-order chi connectivity index (χ1) is 14.7. The van der Waals surface area contributed by atoms with Gasteiger partial charge in [-0.05, 0) is 39.1 Å². The third kappa shape index (κ3) is 5.44. The highest BCUT2D eigenvalue weighted by Crippen LogP contribution is 2.26. The fourth-order valence-electron chi connectivity index (χ4n) is 4.13. The van der Waals surface area contributed by atoms with Crippen LogP contribution in [-0.2, 0) is 4.74 Å². The molecule has 0 radical (unpaired) electrons. The van der Waals surface area contributed by atoms with Crippen molar-refractivity contribution < 1.29 is 4.74 Å². The molecule has 2 saturated heterocycles. The molecule has 1 N–H and O–H groups in total. The van der Waals surface area contributed by atoms with E-state index in [9.17, 15) is 0 Å². The largest absolute Gasteiger partial charge is 0.379 e. The molecule has 2 aliphatic rings. The maximum Gasteiger partial charge on any atom is 0.225 e. The van der Waals surface area contributed by atoms with Crippen LogP contribution in [0.25, 0.3) is 11.3 Å². The smallest absolute Gasteiger partial charge is 0.225 e. The average molecular weight is 412 g/mol. The summed E-state index contributed by atoms with van der Waals surface area (Å²) in [5.41, 5.74) is 1.93. The van der Waals surface area contributed by atoms with Crippen molar-refractivity contribution in [2.45, 2.75) is 18.9 Å². The van der Waals surface area contributed by atoms with Crippen LogP contribution in [0.4, 0.5) is 11.8 Å². The molecule has 0 atom stereocenters. The van der Waals surface area contributed by atoms with Gasteiger partial charge in [-0.15, -0.1) is 0 Å². The van der Waals surface area contributed by atoms with Gasteiger partial charge in [0.15, 0.2) is 0 Å². The fourth-order valence-corrected chi connectivity index (χ4v) is 4.13. The van der Waals surface area contributed by atoms with Crippen molar-refractivity contribution in [3.63, 3.8) is 0 Å². The molecule has 4 rings (SSSR count). The Morgan fingerprint density at radius 2 is 1.93 bits per heavy atom. The van der Waals surface area contributed by atoms with Gasteiger partial charge in [-0.25, -0.2) is 4.98 Å². The van der Waals surface area contributed by atoms with Gasteiger partial charge in [0.25, 0.3) is 0 Å². The number of likely N-dealkylation sites (N-methyl/N-ethyl adjacent to an activating group) is 1. The second-order valence-electron chi connectivity index (χ2n) is 8.27. The van der Waals surface area contributed by atoms with E-state index in [1.54, 1.807) is 6.20 Å². The first kappa shape index (κ1) is 21.0. The van der Waals surface area contributed by atoms with E-state index < -0.39 is 0 Å². The summed E-state index contributed by atoms with van der Waals surface area (Å²) in [5, 5.41) is 3.39. The summed E-state index contributed by atoms with van der Waals surface area (Å²) in [6.45, 7) is 7.62. The van der Waals surface area contributed by atoms with Crippen molar-refractivity contribution in [1.29, 1.82) is 0 Å². The van der Waals surface area contributed by atoms with Gasteiger partial charge in [0.2, 0.25) is 5.95 Å². The molecular formula is C22H33N7O. The van der Waals surface area contributed by atoms with Gasteiger partial charge in [-0.1, -0.05) is 0 Å². The van der Waals surface area contributed by atoms with Gasteiger partial charge in [-0.3, -0.25) is 9.88 Å². The molecule has 0 aromatic carbocycles. The Labute approximate surface area is 179 Å². The van der Waals surface area contributed by atoms with Gasteiger partial charge in [0.1, 0.15) is 5.82 Å². The van der Waals surface area contributed by atoms with Crippen LogP contribution in [0.15, 0.2) is 30.6 Å². The molecule has 4 heterocycles. The lowest BCUT2D eigenvalue weighted by Crippen LogP contribution is -2.49. The zero-order valence-corrected chi connectivity index (χ0v) is 18.1. The third-order valence-corrected chi connectivity index (χ3v) is 5.86. The van der Waals surface area contributed by atoms with Gasteiger partial charge in [-0.2, -0.15) is 4.98 Å². The topological polar surface area (TPSA) is 69.7 Å². The van der Waals surface area contributed by atoms with E-state index in [0.29, 0.717) is 12.0 Å². The summed E-state index contributed by atoms with van der Waals surface area (Å²) in [4.78, 5) is 21.0. The van der Waals surface area contributed by atoms with Crippen molar-refractivity contribution in [1.82, 2.24) is 24.8 Å². The zero-order valence-electron chi connectivity index (χ0n) is 18.1. The lowest BCUT2D eigenvalue weighted by Gasteiger charge is -2.40. The number of nitrogens with one attached hydrogen (secondary N) is 1. The molecule has 8 heteroatoms. The van der Waals surface area contributed by atoms with Crippen LogP contribution >= 0.6 is 0 Å². The predicted octanol–water partition coefficient (Wildman–Crippen LogP) is 1.81. The Morgan fingerprint density at radius 1 is 1.13 bits per heavy atom. The minimum Gasteiger partial charge on any atom is -0.379 e. The Kier molecular flexibility index (Phi) is 7.09. The summed E-state index contributed by atoms with van der Waals surface area (Å²) in [7, 11) is 4.14. The Bertz CT molecular complexity index is 787. The third-order valence-electron chi connectivity index (χ3n) is 5.86. The van der Waals surface area contributed by atoms with E-state index in [4.69, 9.17) is 14.7 Å². The maximum atomic E-state index is 5.51. The lowest BCUT2D eigenvalue weighted by molar-refractivity contribution is 0.0115. The summed E-state index contributed by atoms with van der Waals surface area (Å²) in [5.74, 6) is 1.68. The number of hydrogen-bond donors (Lipinski definition) is 1. The van der Waals surface area contributed by atoms with Crippen molar-refractivity contribution in [3.8, 4) is 11.3 Å². The first-order valence-corrected chi connectivity index (χ1v) is 10.9. The van der Waals surface area contributed by atoms with E-state index in [2.05, 4.69) is 45.2 Å². The van der Waals surface area contributed by atoms with Crippen LogP contribution in [0, 0.1) is 0 Å². The van der Waals surface area contributed by atoms with E-state index >= 15 is 0 Å². The van der Waals surface area contributed by atoms with Crippen molar-refractivity contribution in [2.75, 3.05) is 76.8 Å². The van der Waals surface area contributed by atoms with Crippen molar-refractivity contribution >= 4 is 11.8 Å². The molecule has 0 aliphatic carbocycles. The standard InChI is InChI=1S/C22H33N7O/c1-27(2)11-8-24-22-25-20(18-4-3-7-23-17-18)16-21(26-22)29-9-5-19(6-10-29)28-12-14-30-15-13-28/h3-4,7,16-17,19H,5-6,8-15H2,1-2H3,(H,24,25,26). The Hall–Kier alpha value is -2.29. The molecular weight excluding hydrogens is 378 g/mol. The van der Waals surface area contributed by atoms with Crippen molar-refractivity contribution in [2.24, 2.45) is 0 Å². The van der Waals surface area contributed by atoms with E-state index in [1.807, 2.05) is 18.3 Å². The second kappa shape index (κ2) is 10.1. The van der Waals surface area contributed by atoms with Gasteiger partial charge >= 0.3 is 0 Å². The lowest BCUT2D eigenvalue weighted by atomic mass is 10.0. The van der Waals surface area contributed by atoms with Crippen LogP contribution in [-0.4, -0.2) is 97.4 Å². The minimum atomic E-state index is 0.655. The number of pyridine rings is 1. The molecule has 0 bridgehead atoms. The number of hydrogen-bond acceptors (Lipinski definition) is 8. The maximum absolute atomic E-state index is 5.51. The number of rotatable bonds is 7. The van der Waals surface area contributed by atoms with Crippen LogP contribution in [0.2, 0.25) is 0 Å². The molecule has 0 spiro atoms. The molecule has 0 amide bonds. The number of ether oxygens (including phenoxy) is 1. The Morgan fingerprint density at radius 3 is 2.63 bits per heavy atom. The monoisotopic (exact) mass is 411 g/mol. The SMILES string of the molecule is CN(C)CCNc1nc(-c2cccnc2)cc(N2CCC(N3CCOCC3)CC2)n1. The second-order valence-corrected chi connectivity index (χ2v) is 8.27. The Balaban J connectivity index is 1.48. The van der Waals surface area contributed by atoms with Gasteiger partial charge in [0, 0.05) is 69.3 Å². The number of piperidine rings is 1. The zero-order chi connectivity index (χ0) is 20.8. The highest BCUT2D eigenvalue weighted by atomic mass is 16.5.